The van der Waals surface area contributed by atoms with E-state index in [1.807, 2.05) is 55.8 Å². The van der Waals surface area contributed by atoms with Crippen molar-refractivity contribution in [3.05, 3.63) is 48.5 Å². The molecule has 1 atom stereocenters. The molecule has 0 unspecified atom stereocenters. The largest absolute Gasteiger partial charge is 0.349 e. The summed E-state index contributed by atoms with van der Waals surface area (Å²) in [6, 6.07) is 7.40. The van der Waals surface area contributed by atoms with Gasteiger partial charge in [-0.3, -0.25) is 4.79 Å². The van der Waals surface area contributed by atoms with E-state index in [1.165, 1.54) is 0 Å². The van der Waals surface area contributed by atoms with Crippen LogP contribution in [0.4, 0.5) is 0 Å². The molecule has 0 radical (unpaired) electrons. The highest BCUT2D eigenvalue weighted by atomic mass is 32.2. The highest BCUT2D eigenvalue weighted by Crippen LogP contribution is 2.15. The average molecular weight is 349 g/mol. The number of hydrogen-bond donors (Lipinski definition) is 1. The number of nitrogens with one attached hydrogen (secondary N) is 1. The molecule has 0 saturated carbocycles. The molecule has 7 heteroatoms. The van der Waals surface area contributed by atoms with Crippen molar-refractivity contribution in [2.24, 2.45) is 5.92 Å². The molecule has 2 aromatic rings. The molecule has 0 aliphatic heterocycles. The Hall–Kier alpha value is -2.15. The Balaban J connectivity index is 1.97. The zero-order valence-electron chi connectivity index (χ0n) is 14.1. The second-order valence-corrected chi connectivity index (χ2v) is 8.41. The van der Waals surface area contributed by atoms with Crippen molar-refractivity contribution in [1.82, 2.24) is 14.9 Å². The fraction of sp³-hybridized carbons (Fsp3) is 0.412. The Morgan fingerprint density at radius 2 is 1.88 bits per heavy atom. The Labute approximate surface area is 142 Å². The summed E-state index contributed by atoms with van der Waals surface area (Å²) in [5.41, 5.74) is 1.88. The molecule has 1 N–H and O–H groups in total. The third kappa shape index (κ3) is 5.19. The quantitative estimate of drug-likeness (QED) is 0.830. The number of rotatable bonds is 7. The minimum Gasteiger partial charge on any atom is -0.349 e. The Morgan fingerprint density at radius 1 is 1.21 bits per heavy atom. The van der Waals surface area contributed by atoms with Gasteiger partial charge < -0.3 is 9.88 Å². The minimum atomic E-state index is -3.37. The van der Waals surface area contributed by atoms with Crippen LogP contribution in [-0.2, 0) is 14.6 Å². The van der Waals surface area contributed by atoms with Gasteiger partial charge in [-0.1, -0.05) is 26.0 Å². The molecule has 0 aliphatic carbocycles. The maximum Gasteiger partial charge on any atom is 0.235 e. The summed E-state index contributed by atoms with van der Waals surface area (Å²) in [6.07, 6.45) is 5.26. The molecule has 1 heterocycles. The molecule has 24 heavy (non-hydrogen) atoms. The average Bonchev–Trinajstić information content (AvgIpc) is 2.99. The van der Waals surface area contributed by atoms with Crippen molar-refractivity contribution < 1.29 is 13.2 Å². The number of amides is 1. The number of benzene rings is 1. The fourth-order valence-electron chi connectivity index (χ4n) is 2.48. The third-order valence-electron chi connectivity index (χ3n) is 3.51. The van der Waals surface area contributed by atoms with Crippen LogP contribution in [0.1, 0.15) is 32.4 Å². The van der Waals surface area contributed by atoms with Gasteiger partial charge in [0.05, 0.1) is 18.1 Å². The van der Waals surface area contributed by atoms with Crippen LogP contribution in [0, 0.1) is 5.92 Å². The van der Waals surface area contributed by atoms with Crippen LogP contribution < -0.4 is 5.32 Å². The number of carbonyl (C=O) groups is 1. The van der Waals surface area contributed by atoms with Crippen molar-refractivity contribution >= 4 is 15.7 Å². The van der Waals surface area contributed by atoms with E-state index >= 15 is 0 Å². The molecule has 0 aliphatic rings. The van der Waals surface area contributed by atoms with E-state index in [-0.39, 0.29) is 17.7 Å². The zero-order valence-corrected chi connectivity index (χ0v) is 15.0. The van der Waals surface area contributed by atoms with E-state index in [0.29, 0.717) is 0 Å². The lowest BCUT2D eigenvalue weighted by atomic mass is 10.1. The molecule has 1 amide bonds. The number of nitrogens with zero attached hydrogens (tertiary/aromatic N) is 2. The van der Waals surface area contributed by atoms with Crippen LogP contribution in [0.3, 0.4) is 0 Å². The van der Waals surface area contributed by atoms with Crippen LogP contribution in [0.2, 0.25) is 0 Å². The highest BCUT2D eigenvalue weighted by Gasteiger charge is 2.19. The molecule has 6 nitrogen and oxygen atoms in total. The van der Waals surface area contributed by atoms with Gasteiger partial charge in [0.2, 0.25) is 5.91 Å². The summed E-state index contributed by atoms with van der Waals surface area (Å²) in [5.74, 6) is -0.908. The molecular formula is C17H23N3O3S. The van der Waals surface area contributed by atoms with Crippen LogP contribution in [0.5, 0.6) is 0 Å². The van der Waals surface area contributed by atoms with Gasteiger partial charge in [-0.05, 0) is 30.5 Å². The summed E-state index contributed by atoms with van der Waals surface area (Å²) in [6.45, 7) is 5.47. The van der Waals surface area contributed by atoms with E-state index in [2.05, 4.69) is 10.3 Å². The lowest BCUT2D eigenvalue weighted by molar-refractivity contribution is -0.119. The first kappa shape index (κ1) is 18.2. The van der Waals surface area contributed by atoms with E-state index in [1.54, 1.807) is 12.5 Å². The van der Waals surface area contributed by atoms with E-state index in [9.17, 15) is 13.2 Å². The smallest absolute Gasteiger partial charge is 0.235 e. The number of aromatic nitrogens is 2. The van der Waals surface area contributed by atoms with E-state index in [0.717, 1.165) is 11.3 Å². The van der Waals surface area contributed by atoms with Gasteiger partial charge in [-0.15, -0.1) is 0 Å². The number of hydrogen-bond acceptors (Lipinski definition) is 4. The first-order valence-corrected chi connectivity index (χ1v) is 9.67. The summed E-state index contributed by atoms with van der Waals surface area (Å²) in [5, 5.41) is 2.74. The van der Waals surface area contributed by atoms with Gasteiger partial charge in [-0.2, -0.15) is 0 Å². The van der Waals surface area contributed by atoms with Crippen molar-refractivity contribution in [3.8, 4) is 5.69 Å². The van der Waals surface area contributed by atoms with Crippen LogP contribution in [0.15, 0.2) is 43.0 Å². The molecule has 130 valence electrons. The number of imidazole rings is 1. The van der Waals surface area contributed by atoms with Crippen LogP contribution >= 0.6 is 0 Å². The summed E-state index contributed by atoms with van der Waals surface area (Å²) < 4.78 is 25.6. The maximum absolute atomic E-state index is 12.0. The Bertz CT molecular complexity index is 766. The maximum atomic E-state index is 12.0. The predicted molar refractivity (Wildman–Crippen MR) is 93.6 cm³/mol. The van der Waals surface area contributed by atoms with Gasteiger partial charge in [0, 0.05) is 18.1 Å². The van der Waals surface area contributed by atoms with Crippen LogP contribution in [0.25, 0.3) is 5.69 Å². The number of carbonyl (C=O) groups excluding carboxylic acids is 1. The standard InChI is InChI=1S/C17H23N3O3S/c1-13(2)10-24(22,23)11-17(21)19-14(3)15-4-6-16(7-5-15)20-9-8-18-12-20/h4-9,12-14H,10-11H2,1-3H3,(H,19,21)/t14-/m1/s1. The lowest BCUT2D eigenvalue weighted by Gasteiger charge is -2.15. The number of sulfone groups is 1. The van der Waals surface area contributed by atoms with E-state index in [4.69, 9.17) is 0 Å². The molecule has 1 aromatic carbocycles. The highest BCUT2D eigenvalue weighted by molar-refractivity contribution is 7.92. The normalized spacial score (nSPS) is 13.0. The first-order chi connectivity index (χ1) is 11.3. The van der Waals surface area contributed by atoms with Gasteiger partial charge in [0.15, 0.2) is 9.84 Å². The molecule has 0 bridgehead atoms. The first-order valence-electron chi connectivity index (χ1n) is 7.85. The Morgan fingerprint density at radius 3 is 2.42 bits per heavy atom. The molecular weight excluding hydrogens is 326 g/mol. The zero-order chi connectivity index (χ0) is 17.7. The van der Waals surface area contributed by atoms with Gasteiger partial charge in [-0.25, -0.2) is 13.4 Å². The second-order valence-electron chi connectivity index (χ2n) is 6.30. The SMILES string of the molecule is CC(C)CS(=O)(=O)CC(=O)N[C@H](C)c1ccc(-n2ccnc2)cc1. The van der Waals surface area contributed by atoms with Crippen molar-refractivity contribution in [3.63, 3.8) is 0 Å². The van der Waals surface area contributed by atoms with Gasteiger partial charge in [0.1, 0.15) is 5.75 Å². The van der Waals surface area contributed by atoms with Crippen LogP contribution in [-0.4, -0.2) is 35.4 Å². The topological polar surface area (TPSA) is 81.1 Å². The predicted octanol–water partition coefficient (Wildman–Crippen LogP) is 2.12. The van der Waals surface area contributed by atoms with Crippen molar-refractivity contribution in [1.29, 1.82) is 0 Å². The molecule has 1 aromatic heterocycles. The minimum absolute atomic E-state index is 0.0101. The monoisotopic (exact) mass is 349 g/mol. The third-order valence-corrected chi connectivity index (χ3v) is 5.39. The summed E-state index contributed by atoms with van der Waals surface area (Å²) in [4.78, 5) is 16.0. The second kappa shape index (κ2) is 7.61. The lowest BCUT2D eigenvalue weighted by Crippen LogP contribution is -2.33. The molecule has 2 rings (SSSR count). The molecule has 0 fully saturated rings. The van der Waals surface area contributed by atoms with Gasteiger partial charge in [0.25, 0.3) is 0 Å². The summed E-state index contributed by atoms with van der Waals surface area (Å²) in [7, 11) is -3.37. The molecule has 0 saturated heterocycles. The fourth-order valence-corrected chi connectivity index (χ4v) is 4.10. The van der Waals surface area contributed by atoms with Crippen molar-refractivity contribution in [2.75, 3.05) is 11.5 Å². The van der Waals surface area contributed by atoms with Crippen molar-refractivity contribution in [2.45, 2.75) is 26.8 Å². The van der Waals surface area contributed by atoms with E-state index < -0.39 is 21.5 Å². The molecule has 0 spiro atoms. The Kier molecular flexibility index (Phi) is 5.77. The summed E-state index contributed by atoms with van der Waals surface area (Å²) >= 11 is 0. The van der Waals surface area contributed by atoms with Gasteiger partial charge >= 0.3 is 0 Å².